The SMILES string of the molecule is Cc1ccc(C(C)NCc2ccoc2C(=O)O)s1. The second-order valence-electron chi connectivity index (χ2n) is 4.13. The zero-order valence-electron chi connectivity index (χ0n) is 10.3. The summed E-state index contributed by atoms with van der Waals surface area (Å²) in [6.45, 7) is 4.61. The number of nitrogens with one attached hydrogen (secondary N) is 1. The summed E-state index contributed by atoms with van der Waals surface area (Å²) in [6.07, 6.45) is 1.40. The molecule has 0 spiro atoms. The van der Waals surface area contributed by atoms with E-state index in [0.29, 0.717) is 12.1 Å². The molecule has 1 atom stereocenters. The van der Waals surface area contributed by atoms with Crippen LogP contribution < -0.4 is 5.32 Å². The average molecular weight is 265 g/mol. The third-order valence-corrected chi connectivity index (χ3v) is 3.91. The van der Waals surface area contributed by atoms with E-state index in [0.717, 1.165) is 0 Å². The predicted octanol–water partition coefficient (Wildman–Crippen LogP) is 3.20. The van der Waals surface area contributed by atoms with Crippen LogP contribution in [0.1, 0.15) is 38.8 Å². The van der Waals surface area contributed by atoms with Crippen LogP contribution in [0, 0.1) is 6.92 Å². The number of thiophene rings is 1. The van der Waals surface area contributed by atoms with Crippen molar-refractivity contribution in [1.82, 2.24) is 5.32 Å². The normalized spacial score (nSPS) is 12.6. The van der Waals surface area contributed by atoms with Gasteiger partial charge in [0, 0.05) is 27.9 Å². The minimum atomic E-state index is -1.03. The minimum Gasteiger partial charge on any atom is -0.475 e. The molecule has 2 aromatic rings. The minimum absolute atomic E-state index is 0.0112. The summed E-state index contributed by atoms with van der Waals surface area (Å²) in [5, 5.41) is 12.2. The Morgan fingerprint density at radius 1 is 1.50 bits per heavy atom. The maximum atomic E-state index is 10.9. The van der Waals surface area contributed by atoms with E-state index in [2.05, 4.69) is 31.3 Å². The Kier molecular flexibility index (Phi) is 3.84. The summed E-state index contributed by atoms with van der Waals surface area (Å²) in [5.74, 6) is -1.02. The molecule has 0 aromatic carbocycles. The van der Waals surface area contributed by atoms with Gasteiger partial charge < -0.3 is 14.8 Å². The van der Waals surface area contributed by atoms with E-state index < -0.39 is 5.97 Å². The molecule has 0 aliphatic heterocycles. The zero-order valence-corrected chi connectivity index (χ0v) is 11.1. The fourth-order valence-corrected chi connectivity index (χ4v) is 2.62. The molecule has 0 aliphatic rings. The molecule has 2 aromatic heterocycles. The van der Waals surface area contributed by atoms with Crippen molar-refractivity contribution in [3.63, 3.8) is 0 Å². The van der Waals surface area contributed by atoms with E-state index in [9.17, 15) is 4.79 Å². The monoisotopic (exact) mass is 265 g/mol. The van der Waals surface area contributed by atoms with Gasteiger partial charge in [0.2, 0.25) is 5.76 Å². The Bertz CT molecular complexity index is 544. The lowest BCUT2D eigenvalue weighted by atomic mass is 10.2. The van der Waals surface area contributed by atoms with Gasteiger partial charge in [0.15, 0.2) is 0 Å². The highest BCUT2D eigenvalue weighted by atomic mass is 32.1. The molecule has 0 bridgehead atoms. The van der Waals surface area contributed by atoms with Crippen LogP contribution in [0.25, 0.3) is 0 Å². The van der Waals surface area contributed by atoms with Gasteiger partial charge in [-0.3, -0.25) is 0 Å². The molecule has 5 heteroatoms. The predicted molar refractivity (Wildman–Crippen MR) is 70.0 cm³/mol. The number of hydrogen-bond acceptors (Lipinski definition) is 4. The van der Waals surface area contributed by atoms with Crippen LogP contribution in [0.5, 0.6) is 0 Å². The highest BCUT2D eigenvalue weighted by Crippen LogP contribution is 2.23. The van der Waals surface area contributed by atoms with Crippen molar-refractivity contribution in [3.8, 4) is 0 Å². The van der Waals surface area contributed by atoms with Gasteiger partial charge in [0.1, 0.15) is 0 Å². The molecule has 2 heterocycles. The van der Waals surface area contributed by atoms with Gasteiger partial charge in [0.05, 0.1) is 6.26 Å². The third-order valence-electron chi connectivity index (χ3n) is 2.73. The lowest BCUT2D eigenvalue weighted by molar-refractivity contribution is 0.0660. The van der Waals surface area contributed by atoms with Crippen LogP contribution in [0.2, 0.25) is 0 Å². The first kappa shape index (κ1) is 12.9. The molecule has 0 fully saturated rings. The first-order valence-electron chi connectivity index (χ1n) is 5.67. The van der Waals surface area contributed by atoms with E-state index in [1.165, 1.54) is 16.0 Å². The summed E-state index contributed by atoms with van der Waals surface area (Å²) in [7, 11) is 0. The van der Waals surface area contributed by atoms with Crippen molar-refractivity contribution in [3.05, 3.63) is 45.5 Å². The molecule has 0 radical (unpaired) electrons. The second-order valence-corrected chi connectivity index (χ2v) is 5.45. The summed E-state index contributed by atoms with van der Waals surface area (Å²) < 4.78 is 4.93. The first-order chi connectivity index (χ1) is 8.58. The fraction of sp³-hybridized carbons (Fsp3) is 0.308. The van der Waals surface area contributed by atoms with Gasteiger partial charge >= 0.3 is 5.97 Å². The fourth-order valence-electron chi connectivity index (χ4n) is 1.71. The second kappa shape index (κ2) is 5.37. The van der Waals surface area contributed by atoms with Gasteiger partial charge in [-0.25, -0.2) is 4.79 Å². The Morgan fingerprint density at radius 2 is 2.28 bits per heavy atom. The van der Waals surface area contributed by atoms with Crippen molar-refractivity contribution in [1.29, 1.82) is 0 Å². The number of rotatable bonds is 5. The van der Waals surface area contributed by atoms with Crippen molar-refractivity contribution in [2.45, 2.75) is 26.4 Å². The number of carboxylic acids is 1. The van der Waals surface area contributed by atoms with Crippen molar-refractivity contribution in [2.24, 2.45) is 0 Å². The van der Waals surface area contributed by atoms with Crippen LogP contribution >= 0.6 is 11.3 Å². The van der Waals surface area contributed by atoms with Crippen molar-refractivity contribution >= 4 is 17.3 Å². The molecule has 2 N–H and O–H groups in total. The molecule has 18 heavy (non-hydrogen) atoms. The van der Waals surface area contributed by atoms with Crippen LogP contribution in [-0.2, 0) is 6.54 Å². The van der Waals surface area contributed by atoms with Crippen LogP contribution in [0.4, 0.5) is 0 Å². The van der Waals surface area contributed by atoms with Crippen molar-refractivity contribution < 1.29 is 14.3 Å². The molecule has 2 rings (SSSR count). The van der Waals surface area contributed by atoms with Gasteiger partial charge in [-0.05, 0) is 32.0 Å². The Labute approximate surface area is 109 Å². The van der Waals surface area contributed by atoms with Crippen LogP contribution in [0.15, 0.2) is 28.9 Å². The number of aryl methyl sites for hydroxylation is 1. The van der Waals surface area contributed by atoms with E-state index in [4.69, 9.17) is 9.52 Å². The Balaban J connectivity index is 1.99. The standard InChI is InChI=1S/C13H15NO3S/c1-8-3-4-11(18-8)9(2)14-7-10-5-6-17-12(10)13(15)16/h3-6,9,14H,7H2,1-2H3,(H,15,16). The van der Waals surface area contributed by atoms with E-state index in [1.807, 2.05) is 0 Å². The maximum Gasteiger partial charge on any atom is 0.372 e. The molecule has 0 saturated heterocycles. The van der Waals surface area contributed by atoms with Crippen LogP contribution in [0.3, 0.4) is 0 Å². The third kappa shape index (κ3) is 2.80. The average Bonchev–Trinajstić information content (AvgIpc) is 2.94. The lowest BCUT2D eigenvalue weighted by Gasteiger charge is -2.11. The molecule has 0 aliphatic carbocycles. The molecule has 4 nitrogen and oxygen atoms in total. The smallest absolute Gasteiger partial charge is 0.372 e. The number of furan rings is 1. The molecule has 1 unspecified atom stereocenters. The maximum absolute atomic E-state index is 10.9. The molecule has 96 valence electrons. The van der Waals surface area contributed by atoms with Gasteiger partial charge in [-0.1, -0.05) is 0 Å². The molecule has 0 amide bonds. The summed E-state index contributed by atoms with van der Waals surface area (Å²) in [5.41, 5.74) is 0.669. The zero-order chi connectivity index (χ0) is 13.1. The van der Waals surface area contributed by atoms with E-state index in [-0.39, 0.29) is 11.8 Å². The van der Waals surface area contributed by atoms with Crippen molar-refractivity contribution in [2.75, 3.05) is 0 Å². The number of hydrogen-bond donors (Lipinski definition) is 2. The highest BCUT2D eigenvalue weighted by molar-refractivity contribution is 7.12. The summed E-state index contributed by atoms with van der Waals surface area (Å²) >= 11 is 1.74. The van der Waals surface area contributed by atoms with Crippen LogP contribution in [-0.4, -0.2) is 11.1 Å². The summed E-state index contributed by atoms with van der Waals surface area (Å²) in [4.78, 5) is 13.4. The first-order valence-corrected chi connectivity index (χ1v) is 6.49. The number of carbonyl (C=O) groups is 1. The quantitative estimate of drug-likeness (QED) is 0.871. The number of carboxylic acid groups (broad SMARTS) is 1. The Hall–Kier alpha value is -1.59. The van der Waals surface area contributed by atoms with E-state index in [1.54, 1.807) is 17.4 Å². The summed E-state index contributed by atoms with van der Waals surface area (Å²) in [6, 6.07) is 6.05. The molecular formula is C13H15NO3S. The number of aromatic carboxylic acids is 1. The highest BCUT2D eigenvalue weighted by Gasteiger charge is 2.15. The topological polar surface area (TPSA) is 62.5 Å². The van der Waals surface area contributed by atoms with Gasteiger partial charge in [-0.15, -0.1) is 11.3 Å². The molecular weight excluding hydrogens is 250 g/mol. The lowest BCUT2D eigenvalue weighted by Crippen LogP contribution is -2.18. The molecule has 0 saturated carbocycles. The van der Waals surface area contributed by atoms with Gasteiger partial charge in [0.25, 0.3) is 0 Å². The largest absolute Gasteiger partial charge is 0.475 e. The van der Waals surface area contributed by atoms with E-state index >= 15 is 0 Å². The Morgan fingerprint density at radius 3 is 2.89 bits per heavy atom. The van der Waals surface area contributed by atoms with Gasteiger partial charge in [-0.2, -0.15) is 0 Å².